The number of aliphatic hydroxyl groups excluding tert-OH is 3. The van der Waals surface area contributed by atoms with Crippen LogP contribution < -0.4 is 9.47 Å². The Bertz CT molecular complexity index is 617. The smallest absolute Gasteiger partial charge is 0.200 e. The molecule has 0 aromatic heterocycles. The zero-order valence-corrected chi connectivity index (χ0v) is 14.0. The number of hydrogen-bond donors (Lipinski definition) is 4. The number of benzene rings is 1. The third kappa shape index (κ3) is 4.49. The lowest BCUT2D eigenvalue weighted by molar-refractivity contribution is -0.188. The summed E-state index contributed by atoms with van der Waals surface area (Å²) in [5.41, 5.74) is 0.570. The van der Waals surface area contributed by atoms with E-state index in [0.29, 0.717) is 5.56 Å². The van der Waals surface area contributed by atoms with Gasteiger partial charge in [-0.05, 0) is 23.8 Å². The quantitative estimate of drug-likeness (QED) is 0.520. The van der Waals surface area contributed by atoms with Gasteiger partial charge in [-0.2, -0.15) is 0 Å². The molecule has 8 nitrogen and oxygen atoms in total. The first kappa shape index (κ1) is 19.2. The first-order chi connectivity index (χ1) is 11.9. The van der Waals surface area contributed by atoms with Crippen LogP contribution in [-0.4, -0.2) is 71.5 Å². The molecule has 0 spiro atoms. The number of carbonyl (C=O) groups is 1. The summed E-state index contributed by atoms with van der Waals surface area (Å²) in [5.74, 6) is -0.0670. The highest BCUT2D eigenvalue weighted by Crippen LogP contribution is 2.37. The molecule has 0 aliphatic carbocycles. The number of carbonyl (C=O) groups excluding carboxylic acids is 1. The van der Waals surface area contributed by atoms with Crippen LogP contribution in [0.1, 0.15) is 12.0 Å². The van der Waals surface area contributed by atoms with Gasteiger partial charge in [-0.15, -0.1) is 0 Å². The zero-order valence-electron chi connectivity index (χ0n) is 14.0. The van der Waals surface area contributed by atoms with Gasteiger partial charge in [0.05, 0.1) is 26.9 Å². The highest BCUT2D eigenvalue weighted by atomic mass is 16.5. The van der Waals surface area contributed by atoms with Gasteiger partial charge in [-0.25, -0.2) is 0 Å². The molecule has 4 atom stereocenters. The third-order valence-electron chi connectivity index (χ3n) is 3.97. The molecule has 1 heterocycles. The van der Waals surface area contributed by atoms with E-state index < -0.39 is 24.4 Å². The number of phenolic OH excluding ortho intramolecular Hbond substituents is 1. The second-order valence-corrected chi connectivity index (χ2v) is 5.70. The minimum Gasteiger partial charge on any atom is -0.502 e. The van der Waals surface area contributed by atoms with Gasteiger partial charge in [0.2, 0.25) is 5.75 Å². The van der Waals surface area contributed by atoms with Crippen molar-refractivity contribution in [2.75, 3.05) is 20.8 Å². The molecule has 1 saturated heterocycles. The molecule has 1 aromatic rings. The highest BCUT2D eigenvalue weighted by Gasteiger charge is 2.37. The van der Waals surface area contributed by atoms with Crippen LogP contribution in [0.25, 0.3) is 6.08 Å². The molecule has 1 fully saturated rings. The lowest BCUT2D eigenvalue weighted by atomic mass is 9.96. The summed E-state index contributed by atoms with van der Waals surface area (Å²) in [6, 6.07) is 3.07. The number of allylic oxidation sites excluding steroid dienone is 1. The molecule has 2 rings (SSSR count). The van der Waals surface area contributed by atoms with E-state index in [-0.39, 0.29) is 36.1 Å². The van der Waals surface area contributed by atoms with Crippen molar-refractivity contribution >= 4 is 11.9 Å². The topological polar surface area (TPSA) is 126 Å². The summed E-state index contributed by atoms with van der Waals surface area (Å²) < 4.78 is 15.3. The minimum absolute atomic E-state index is 0.139. The van der Waals surface area contributed by atoms with E-state index in [0.717, 1.165) is 0 Å². The summed E-state index contributed by atoms with van der Waals surface area (Å²) >= 11 is 0. The van der Waals surface area contributed by atoms with E-state index in [1.807, 2.05) is 0 Å². The number of hydrogen-bond acceptors (Lipinski definition) is 8. The normalized spacial score (nSPS) is 26.6. The van der Waals surface area contributed by atoms with Gasteiger partial charge in [0.15, 0.2) is 17.3 Å². The number of ketones is 1. The van der Waals surface area contributed by atoms with Gasteiger partial charge in [0, 0.05) is 6.42 Å². The second kappa shape index (κ2) is 8.30. The first-order valence-electron chi connectivity index (χ1n) is 7.69. The Morgan fingerprint density at radius 3 is 2.36 bits per heavy atom. The average Bonchev–Trinajstić information content (AvgIpc) is 2.61. The fraction of sp³-hybridized carbons (Fsp3) is 0.471. The number of ether oxygens (including phenoxy) is 3. The van der Waals surface area contributed by atoms with Gasteiger partial charge in [0.25, 0.3) is 0 Å². The first-order valence-corrected chi connectivity index (χ1v) is 7.69. The minimum atomic E-state index is -1.35. The molecule has 138 valence electrons. The van der Waals surface area contributed by atoms with Crippen molar-refractivity contribution in [2.24, 2.45) is 0 Å². The van der Waals surface area contributed by atoms with E-state index in [1.165, 1.54) is 38.5 Å². The van der Waals surface area contributed by atoms with Crippen LogP contribution in [0.5, 0.6) is 17.2 Å². The summed E-state index contributed by atoms with van der Waals surface area (Å²) in [5, 5.41) is 38.7. The number of aliphatic hydroxyl groups is 3. The fourth-order valence-corrected chi connectivity index (χ4v) is 2.51. The highest BCUT2D eigenvalue weighted by molar-refractivity contribution is 5.94. The van der Waals surface area contributed by atoms with E-state index in [4.69, 9.17) is 14.2 Å². The van der Waals surface area contributed by atoms with Crippen LogP contribution in [0.15, 0.2) is 18.2 Å². The molecule has 1 unspecified atom stereocenters. The molecular formula is C17H22O8. The van der Waals surface area contributed by atoms with Gasteiger partial charge < -0.3 is 34.6 Å². The zero-order chi connectivity index (χ0) is 18.6. The largest absolute Gasteiger partial charge is 0.502 e. The third-order valence-corrected chi connectivity index (χ3v) is 3.97. The van der Waals surface area contributed by atoms with E-state index >= 15 is 0 Å². The lowest BCUT2D eigenvalue weighted by Crippen LogP contribution is -2.53. The van der Waals surface area contributed by atoms with Crippen molar-refractivity contribution in [1.82, 2.24) is 0 Å². The Kier molecular flexibility index (Phi) is 6.38. The maximum atomic E-state index is 12.1. The molecule has 0 amide bonds. The van der Waals surface area contributed by atoms with Crippen LogP contribution in [0, 0.1) is 0 Å². The van der Waals surface area contributed by atoms with Crippen LogP contribution in [-0.2, 0) is 9.53 Å². The van der Waals surface area contributed by atoms with Crippen molar-refractivity contribution in [3.05, 3.63) is 23.8 Å². The summed E-state index contributed by atoms with van der Waals surface area (Å²) in [6.45, 7) is -0.147. The Hall–Kier alpha value is -2.13. The monoisotopic (exact) mass is 354 g/mol. The van der Waals surface area contributed by atoms with E-state index in [9.17, 15) is 25.2 Å². The Balaban J connectivity index is 2.05. The Morgan fingerprint density at radius 2 is 1.80 bits per heavy atom. The van der Waals surface area contributed by atoms with Gasteiger partial charge >= 0.3 is 0 Å². The van der Waals surface area contributed by atoms with Crippen LogP contribution >= 0.6 is 0 Å². The average molecular weight is 354 g/mol. The predicted octanol–water partition coefficient (Wildman–Crippen LogP) is -0.137. The molecule has 4 N–H and O–H groups in total. The molecule has 0 saturated carbocycles. The molecule has 1 aromatic carbocycles. The van der Waals surface area contributed by atoms with Crippen molar-refractivity contribution in [2.45, 2.75) is 30.8 Å². The molecular weight excluding hydrogens is 332 g/mol. The Labute approximate surface area is 144 Å². The van der Waals surface area contributed by atoms with Crippen molar-refractivity contribution < 1.29 is 39.4 Å². The summed E-state index contributed by atoms with van der Waals surface area (Å²) in [7, 11) is 2.79. The maximum Gasteiger partial charge on any atom is 0.200 e. The molecule has 1 aliphatic heterocycles. The lowest BCUT2D eigenvalue weighted by Gasteiger charge is -2.34. The predicted molar refractivity (Wildman–Crippen MR) is 87.6 cm³/mol. The molecule has 0 bridgehead atoms. The van der Waals surface area contributed by atoms with E-state index in [2.05, 4.69) is 0 Å². The van der Waals surface area contributed by atoms with Crippen molar-refractivity contribution in [3.63, 3.8) is 0 Å². The SMILES string of the molecule is COc1cc(/C=C/C(=O)CC2OC[C@@H](O)[C@@H](O)[C@H]2O)cc(OC)c1O. The Morgan fingerprint density at radius 1 is 1.20 bits per heavy atom. The number of methoxy groups -OCH3 is 2. The van der Waals surface area contributed by atoms with Crippen LogP contribution in [0.3, 0.4) is 0 Å². The molecule has 0 radical (unpaired) electrons. The fourth-order valence-electron chi connectivity index (χ4n) is 2.51. The van der Waals surface area contributed by atoms with Gasteiger partial charge in [-0.1, -0.05) is 6.08 Å². The standard InChI is InChI=1S/C17H22O8/c1-23-12-5-9(6-13(24-2)16(12)21)3-4-10(18)7-14-17(22)15(20)11(19)8-25-14/h3-6,11,14-15,17,19-22H,7-8H2,1-2H3/b4-3+/t11-,14?,15-,17+/m1/s1. The van der Waals surface area contributed by atoms with Gasteiger partial charge in [-0.3, -0.25) is 4.79 Å². The second-order valence-electron chi connectivity index (χ2n) is 5.70. The van der Waals surface area contributed by atoms with E-state index in [1.54, 1.807) is 0 Å². The van der Waals surface area contributed by atoms with Crippen molar-refractivity contribution in [3.8, 4) is 17.2 Å². The van der Waals surface area contributed by atoms with Crippen LogP contribution in [0.2, 0.25) is 0 Å². The van der Waals surface area contributed by atoms with Gasteiger partial charge in [0.1, 0.15) is 18.3 Å². The molecule has 25 heavy (non-hydrogen) atoms. The number of aromatic hydroxyl groups is 1. The molecule has 8 heteroatoms. The summed E-state index contributed by atoms with van der Waals surface area (Å²) in [6.07, 6.45) is -2.09. The maximum absolute atomic E-state index is 12.1. The van der Waals surface area contributed by atoms with Crippen LogP contribution in [0.4, 0.5) is 0 Å². The summed E-state index contributed by atoms with van der Waals surface area (Å²) in [4.78, 5) is 12.1. The number of phenols is 1. The number of rotatable bonds is 6. The van der Waals surface area contributed by atoms with Crippen molar-refractivity contribution in [1.29, 1.82) is 0 Å². The molecule has 1 aliphatic rings.